The van der Waals surface area contributed by atoms with Crippen LogP contribution in [0.1, 0.15) is 11.1 Å². The minimum absolute atomic E-state index is 0.318. The first kappa shape index (κ1) is 13.2. The van der Waals surface area contributed by atoms with Crippen LogP contribution in [0, 0.1) is 13.8 Å². The van der Waals surface area contributed by atoms with Gasteiger partial charge >= 0.3 is 6.01 Å². The minimum atomic E-state index is -0.318. The molecule has 0 saturated carbocycles. The van der Waals surface area contributed by atoms with Crippen LogP contribution in [0.2, 0.25) is 0 Å². The van der Waals surface area contributed by atoms with Crippen LogP contribution in [0.5, 0.6) is 6.01 Å². The van der Waals surface area contributed by atoms with E-state index in [2.05, 4.69) is 15.2 Å². The Hall–Kier alpha value is -2.75. The highest BCUT2D eigenvalue weighted by Gasteiger charge is 2.13. The summed E-state index contributed by atoms with van der Waals surface area (Å²) >= 11 is 0. The van der Waals surface area contributed by atoms with Gasteiger partial charge in [-0.15, -0.1) is 5.10 Å². The molecular weight excluding hydrogens is 262 g/mol. The molecule has 4 nitrogen and oxygen atoms in total. The molecular formula is C17H15N3O. The molecule has 0 aliphatic rings. The van der Waals surface area contributed by atoms with Crippen molar-refractivity contribution in [2.24, 2.45) is 0 Å². The molecule has 0 unspecified atom stereocenters. The van der Waals surface area contributed by atoms with Crippen LogP contribution in [0.15, 0.2) is 48.5 Å². The maximum absolute atomic E-state index is 9.56. The fourth-order valence-corrected chi connectivity index (χ4v) is 2.14. The van der Waals surface area contributed by atoms with E-state index in [1.807, 2.05) is 62.4 Å². The minimum Gasteiger partial charge on any atom is -0.478 e. The quantitative estimate of drug-likeness (QED) is 0.778. The van der Waals surface area contributed by atoms with Crippen LogP contribution in [-0.2, 0) is 0 Å². The number of benzene rings is 2. The number of hydrogen-bond donors (Lipinski definition) is 1. The average Bonchev–Trinajstić information content (AvgIpc) is 2.49. The molecule has 0 saturated heterocycles. The molecule has 3 rings (SSSR count). The summed E-state index contributed by atoms with van der Waals surface area (Å²) in [5.41, 5.74) is 5.47. The number of rotatable bonds is 2. The van der Waals surface area contributed by atoms with Gasteiger partial charge in [-0.2, -0.15) is 4.98 Å². The predicted octanol–water partition coefficient (Wildman–Crippen LogP) is 3.53. The standard InChI is InChI=1S/C17H15N3O/c1-11-3-7-13(8-4-11)15-16(19-20-17(21)18-15)14-9-5-12(2)6-10-14/h3-10H,1-2H3,(H,18,20,21). The summed E-state index contributed by atoms with van der Waals surface area (Å²) < 4.78 is 0. The van der Waals surface area contributed by atoms with Gasteiger partial charge in [0, 0.05) is 11.1 Å². The molecule has 1 N–H and O–H groups in total. The predicted molar refractivity (Wildman–Crippen MR) is 81.8 cm³/mol. The lowest BCUT2D eigenvalue weighted by Gasteiger charge is -2.08. The normalized spacial score (nSPS) is 10.6. The fraction of sp³-hybridized carbons (Fsp3) is 0.118. The van der Waals surface area contributed by atoms with Crippen LogP contribution in [0.3, 0.4) is 0 Å². The van der Waals surface area contributed by atoms with E-state index in [0.29, 0.717) is 11.4 Å². The molecule has 0 fully saturated rings. The molecule has 0 radical (unpaired) electrons. The number of aromatic nitrogens is 3. The van der Waals surface area contributed by atoms with Gasteiger partial charge in [0.05, 0.1) is 0 Å². The zero-order valence-electron chi connectivity index (χ0n) is 11.9. The molecule has 104 valence electrons. The summed E-state index contributed by atoms with van der Waals surface area (Å²) in [6.07, 6.45) is 0. The third-order valence-electron chi connectivity index (χ3n) is 3.33. The molecule has 0 amide bonds. The Morgan fingerprint density at radius 3 is 1.67 bits per heavy atom. The Morgan fingerprint density at radius 2 is 1.14 bits per heavy atom. The zero-order chi connectivity index (χ0) is 14.8. The van der Waals surface area contributed by atoms with Gasteiger partial charge in [-0.1, -0.05) is 64.8 Å². The summed E-state index contributed by atoms with van der Waals surface area (Å²) in [6, 6.07) is 15.6. The highest BCUT2D eigenvalue weighted by molar-refractivity contribution is 5.77. The van der Waals surface area contributed by atoms with Crippen molar-refractivity contribution in [3.63, 3.8) is 0 Å². The Bertz CT molecular complexity index is 765. The van der Waals surface area contributed by atoms with Crippen molar-refractivity contribution in [3.05, 3.63) is 59.7 Å². The Balaban J connectivity index is 2.17. The molecule has 1 heterocycles. The van der Waals surface area contributed by atoms with Gasteiger partial charge in [-0.25, -0.2) is 0 Å². The molecule has 3 aromatic rings. The van der Waals surface area contributed by atoms with Crippen molar-refractivity contribution in [2.45, 2.75) is 13.8 Å². The van der Waals surface area contributed by atoms with Gasteiger partial charge in [0.2, 0.25) is 0 Å². The van der Waals surface area contributed by atoms with Crippen molar-refractivity contribution in [2.75, 3.05) is 0 Å². The molecule has 0 bridgehead atoms. The van der Waals surface area contributed by atoms with E-state index in [0.717, 1.165) is 11.1 Å². The average molecular weight is 277 g/mol. The van der Waals surface area contributed by atoms with Crippen molar-refractivity contribution in [3.8, 4) is 28.5 Å². The SMILES string of the molecule is Cc1ccc(-c2nnc(O)nc2-c2ccc(C)cc2)cc1. The molecule has 4 heteroatoms. The molecule has 21 heavy (non-hydrogen) atoms. The second-order valence-electron chi connectivity index (χ2n) is 5.04. The lowest BCUT2D eigenvalue weighted by molar-refractivity contribution is 0.422. The van der Waals surface area contributed by atoms with E-state index in [4.69, 9.17) is 0 Å². The Kier molecular flexibility index (Phi) is 3.36. The first-order valence-corrected chi connectivity index (χ1v) is 6.71. The van der Waals surface area contributed by atoms with Crippen molar-refractivity contribution >= 4 is 0 Å². The van der Waals surface area contributed by atoms with Crippen LogP contribution in [0.25, 0.3) is 22.5 Å². The van der Waals surface area contributed by atoms with Crippen molar-refractivity contribution in [1.82, 2.24) is 15.2 Å². The third-order valence-corrected chi connectivity index (χ3v) is 3.33. The van der Waals surface area contributed by atoms with Crippen LogP contribution >= 0.6 is 0 Å². The molecule has 0 aliphatic heterocycles. The largest absolute Gasteiger partial charge is 0.478 e. The van der Waals surface area contributed by atoms with E-state index >= 15 is 0 Å². The van der Waals surface area contributed by atoms with E-state index < -0.39 is 0 Å². The number of aromatic hydroxyl groups is 1. The lowest BCUT2D eigenvalue weighted by atomic mass is 10.0. The van der Waals surface area contributed by atoms with Gasteiger partial charge in [-0.05, 0) is 13.8 Å². The van der Waals surface area contributed by atoms with Crippen molar-refractivity contribution in [1.29, 1.82) is 0 Å². The maximum atomic E-state index is 9.56. The molecule has 0 spiro atoms. The van der Waals surface area contributed by atoms with Gasteiger partial charge in [0.1, 0.15) is 11.4 Å². The molecule has 0 atom stereocenters. The summed E-state index contributed by atoms with van der Waals surface area (Å²) in [4.78, 5) is 4.15. The van der Waals surface area contributed by atoms with Crippen molar-refractivity contribution < 1.29 is 5.11 Å². The van der Waals surface area contributed by atoms with Gasteiger partial charge in [-0.3, -0.25) is 0 Å². The summed E-state index contributed by atoms with van der Waals surface area (Å²) in [7, 11) is 0. The molecule has 2 aromatic carbocycles. The third kappa shape index (κ3) is 2.74. The summed E-state index contributed by atoms with van der Waals surface area (Å²) in [6.45, 7) is 4.06. The van der Waals surface area contributed by atoms with E-state index in [9.17, 15) is 5.11 Å². The fourth-order valence-electron chi connectivity index (χ4n) is 2.14. The number of nitrogens with zero attached hydrogens (tertiary/aromatic N) is 3. The highest BCUT2D eigenvalue weighted by Crippen LogP contribution is 2.29. The van der Waals surface area contributed by atoms with Gasteiger partial charge in [0.15, 0.2) is 0 Å². The first-order valence-electron chi connectivity index (χ1n) is 6.71. The van der Waals surface area contributed by atoms with Crippen LogP contribution < -0.4 is 0 Å². The summed E-state index contributed by atoms with van der Waals surface area (Å²) in [5.74, 6) is 0. The molecule has 1 aromatic heterocycles. The Morgan fingerprint density at radius 1 is 0.667 bits per heavy atom. The highest BCUT2D eigenvalue weighted by atomic mass is 16.3. The van der Waals surface area contributed by atoms with Gasteiger partial charge in [0.25, 0.3) is 0 Å². The molecule has 0 aliphatic carbocycles. The van der Waals surface area contributed by atoms with E-state index in [1.165, 1.54) is 11.1 Å². The zero-order valence-corrected chi connectivity index (χ0v) is 11.9. The van der Waals surface area contributed by atoms with Crippen LogP contribution in [0.4, 0.5) is 0 Å². The smallest absolute Gasteiger partial charge is 0.333 e. The lowest BCUT2D eigenvalue weighted by Crippen LogP contribution is -1.96. The first-order chi connectivity index (χ1) is 10.1. The second-order valence-corrected chi connectivity index (χ2v) is 5.04. The number of hydrogen-bond acceptors (Lipinski definition) is 4. The Labute approximate surface area is 123 Å². The second kappa shape index (κ2) is 5.32. The van der Waals surface area contributed by atoms with E-state index in [-0.39, 0.29) is 6.01 Å². The van der Waals surface area contributed by atoms with Crippen LogP contribution in [-0.4, -0.2) is 20.3 Å². The summed E-state index contributed by atoms with van der Waals surface area (Å²) in [5, 5.41) is 17.4. The monoisotopic (exact) mass is 277 g/mol. The maximum Gasteiger partial charge on any atom is 0.333 e. The van der Waals surface area contributed by atoms with E-state index in [1.54, 1.807) is 0 Å². The van der Waals surface area contributed by atoms with Gasteiger partial charge < -0.3 is 5.11 Å². The topological polar surface area (TPSA) is 58.9 Å². The number of aryl methyl sites for hydroxylation is 2.